The van der Waals surface area contributed by atoms with Crippen LogP contribution in [-0.4, -0.2) is 48.6 Å². The first kappa shape index (κ1) is 13.0. The molecule has 22 heavy (non-hydrogen) atoms. The Hall–Kier alpha value is -2.70. The average Bonchev–Trinajstić information content (AvgIpc) is 3.25. The monoisotopic (exact) mass is 296 g/mol. The molecule has 0 aliphatic carbocycles. The second-order valence-corrected chi connectivity index (χ2v) is 5.65. The van der Waals surface area contributed by atoms with E-state index in [0.717, 1.165) is 23.9 Å². The lowest BCUT2D eigenvalue weighted by Crippen LogP contribution is -2.30. The van der Waals surface area contributed by atoms with E-state index in [0.29, 0.717) is 17.9 Å². The van der Waals surface area contributed by atoms with Gasteiger partial charge < -0.3 is 9.88 Å². The lowest BCUT2D eigenvalue weighted by Gasteiger charge is -2.16. The Morgan fingerprint density at radius 2 is 2.32 bits per heavy atom. The summed E-state index contributed by atoms with van der Waals surface area (Å²) in [5.41, 5.74) is 2.29. The summed E-state index contributed by atoms with van der Waals surface area (Å²) in [6.45, 7) is 3.40. The van der Waals surface area contributed by atoms with E-state index >= 15 is 0 Å². The molecule has 1 amide bonds. The third-order valence-corrected chi connectivity index (χ3v) is 4.11. The molecule has 0 saturated carbocycles. The van der Waals surface area contributed by atoms with Crippen molar-refractivity contribution in [3.8, 4) is 0 Å². The van der Waals surface area contributed by atoms with Crippen LogP contribution in [0.2, 0.25) is 0 Å². The number of nitrogens with one attached hydrogen (secondary N) is 1. The van der Waals surface area contributed by atoms with E-state index in [9.17, 15) is 4.79 Å². The smallest absolute Gasteiger partial charge is 0.273 e. The Bertz CT molecular complexity index is 835. The van der Waals surface area contributed by atoms with Gasteiger partial charge in [-0.3, -0.25) is 9.48 Å². The molecule has 1 fully saturated rings. The Balaban J connectivity index is 1.58. The van der Waals surface area contributed by atoms with E-state index in [1.807, 2.05) is 35.0 Å². The van der Waals surface area contributed by atoms with Gasteiger partial charge in [0.15, 0.2) is 0 Å². The van der Waals surface area contributed by atoms with Gasteiger partial charge in [0, 0.05) is 25.5 Å². The van der Waals surface area contributed by atoms with Gasteiger partial charge in [-0.2, -0.15) is 5.10 Å². The zero-order chi connectivity index (χ0) is 15.1. The lowest BCUT2D eigenvalue weighted by molar-refractivity contribution is 0.0783. The molecule has 7 heteroatoms. The molecule has 1 atom stereocenters. The maximum Gasteiger partial charge on any atom is 0.273 e. The average molecular weight is 296 g/mol. The van der Waals surface area contributed by atoms with E-state index in [4.69, 9.17) is 0 Å². The molecule has 1 N–H and O–H groups in total. The molecule has 4 rings (SSSR count). The topological polar surface area (TPSA) is 79.7 Å². The largest absolute Gasteiger partial charge is 0.346 e. The van der Waals surface area contributed by atoms with Crippen LogP contribution >= 0.6 is 0 Å². The third-order valence-electron chi connectivity index (χ3n) is 4.11. The first-order chi connectivity index (χ1) is 10.7. The number of H-pyrrole nitrogens is 1. The van der Waals surface area contributed by atoms with Gasteiger partial charge in [0.25, 0.3) is 5.91 Å². The van der Waals surface area contributed by atoms with E-state index in [1.165, 1.54) is 6.33 Å². The van der Waals surface area contributed by atoms with Crippen molar-refractivity contribution >= 4 is 16.9 Å². The zero-order valence-electron chi connectivity index (χ0n) is 12.2. The molecule has 1 aliphatic heterocycles. The fraction of sp³-hybridized carbons (Fsp3) is 0.333. The van der Waals surface area contributed by atoms with Crippen molar-refractivity contribution in [1.29, 1.82) is 0 Å². The minimum atomic E-state index is -0.0432. The standard InChI is InChI=1S/C15H16N6O/c1-10-6-19-21(7-10)11-3-5-20(8-11)15(22)13-12-2-4-16-14(12)18-9-17-13/h2,4,6-7,9,11H,3,5,8H2,1H3,(H,16,17,18). The van der Waals surface area contributed by atoms with Gasteiger partial charge in [-0.15, -0.1) is 0 Å². The van der Waals surface area contributed by atoms with Crippen molar-refractivity contribution in [1.82, 2.24) is 29.6 Å². The van der Waals surface area contributed by atoms with E-state index < -0.39 is 0 Å². The molecule has 1 saturated heterocycles. The summed E-state index contributed by atoms with van der Waals surface area (Å²) in [5, 5.41) is 5.12. The number of aromatic nitrogens is 5. The molecule has 0 radical (unpaired) electrons. The number of hydrogen-bond acceptors (Lipinski definition) is 4. The van der Waals surface area contributed by atoms with Crippen LogP contribution in [0.4, 0.5) is 0 Å². The molecular formula is C15H16N6O. The molecule has 0 aromatic carbocycles. The maximum atomic E-state index is 12.7. The lowest BCUT2D eigenvalue weighted by atomic mass is 10.2. The Kier molecular flexibility index (Phi) is 2.92. The number of hydrogen-bond donors (Lipinski definition) is 1. The summed E-state index contributed by atoms with van der Waals surface area (Å²) in [4.78, 5) is 25.9. The molecular weight excluding hydrogens is 280 g/mol. The first-order valence-corrected chi connectivity index (χ1v) is 7.30. The van der Waals surface area contributed by atoms with Crippen LogP contribution in [0.25, 0.3) is 11.0 Å². The van der Waals surface area contributed by atoms with Gasteiger partial charge in [-0.05, 0) is 25.0 Å². The molecule has 7 nitrogen and oxygen atoms in total. The van der Waals surface area contributed by atoms with Crippen molar-refractivity contribution in [2.75, 3.05) is 13.1 Å². The minimum Gasteiger partial charge on any atom is -0.346 e. The summed E-state index contributed by atoms with van der Waals surface area (Å²) in [5.74, 6) is -0.0432. The molecule has 0 bridgehead atoms. The normalized spacial score (nSPS) is 18.2. The third kappa shape index (κ3) is 2.05. The molecule has 3 aromatic heterocycles. The fourth-order valence-electron chi connectivity index (χ4n) is 2.97. The van der Waals surface area contributed by atoms with Crippen LogP contribution in [0, 0.1) is 6.92 Å². The van der Waals surface area contributed by atoms with E-state index in [-0.39, 0.29) is 11.9 Å². The number of aryl methyl sites for hydroxylation is 1. The van der Waals surface area contributed by atoms with Gasteiger partial charge in [0.05, 0.1) is 17.6 Å². The van der Waals surface area contributed by atoms with Crippen molar-refractivity contribution < 1.29 is 4.79 Å². The molecule has 3 aromatic rings. The van der Waals surface area contributed by atoms with Crippen LogP contribution in [0.15, 0.2) is 31.0 Å². The number of carbonyl (C=O) groups is 1. The Morgan fingerprint density at radius 3 is 3.14 bits per heavy atom. The van der Waals surface area contributed by atoms with Crippen molar-refractivity contribution in [3.05, 3.63) is 42.2 Å². The van der Waals surface area contributed by atoms with Crippen molar-refractivity contribution in [2.45, 2.75) is 19.4 Å². The highest BCUT2D eigenvalue weighted by Gasteiger charge is 2.30. The molecule has 0 spiro atoms. The highest BCUT2D eigenvalue weighted by atomic mass is 16.2. The van der Waals surface area contributed by atoms with Crippen LogP contribution in [0.1, 0.15) is 28.5 Å². The zero-order valence-corrected chi connectivity index (χ0v) is 12.2. The molecule has 1 unspecified atom stereocenters. The fourth-order valence-corrected chi connectivity index (χ4v) is 2.97. The van der Waals surface area contributed by atoms with E-state index in [2.05, 4.69) is 20.1 Å². The SMILES string of the molecule is Cc1cnn(C2CCN(C(=O)c3ncnc4[nH]ccc34)C2)c1. The minimum absolute atomic E-state index is 0.0432. The van der Waals surface area contributed by atoms with Gasteiger partial charge in [-0.1, -0.05) is 0 Å². The number of fused-ring (bicyclic) bond motifs is 1. The molecule has 1 aliphatic rings. The first-order valence-electron chi connectivity index (χ1n) is 7.30. The van der Waals surface area contributed by atoms with Crippen LogP contribution in [0.5, 0.6) is 0 Å². The van der Waals surface area contributed by atoms with Gasteiger partial charge in [0.1, 0.15) is 17.7 Å². The van der Waals surface area contributed by atoms with Gasteiger partial charge >= 0.3 is 0 Å². The predicted molar refractivity (Wildman–Crippen MR) is 80.4 cm³/mol. The van der Waals surface area contributed by atoms with Crippen LogP contribution in [-0.2, 0) is 0 Å². The number of aromatic amines is 1. The quantitative estimate of drug-likeness (QED) is 0.778. The number of nitrogens with zero attached hydrogens (tertiary/aromatic N) is 5. The second kappa shape index (κ2) is 4.94. The molecule has 4 heterocycles. The van der Waals surface area contributed by atoms with Crippen molar-refractivity contribution in [3.63, 3.8) is 0 Å². The highest BCUT2D eigenvalue weighted by Crippen LogP contribution is 2.24. The van der Waals surface area contributed by atoms with Crippen LogP contribution < -0.4 is 0 Å². The summed E-state index contributed by atoms with van der Waals surface area (Å²) in [6, 6.07) is 2.08. The molecule has 112 valence electrons. The van der Waals surface area contributed by atoms with E-state index in [1.54, 1.807) is 6.20 Å². The summed E-state index contributed by atoms with van der Waals surface area (Å²) in [7, 11) is 0. The predicted octanol–water partition coefficient (Wildman–Crippen LogP) is 1.55. The van der Waals surface area contributed by atoms with Crippen molar-refractivity contribution in [2.24, 2.45) is 0 Å². The highest BCUT2D eigenvalue weighted by molar-refractivity contribution is 6.03. The number of rotatable bonds is 2. The number of likely N-dealkylation sites (tertiary alicyclic amines) is 1. The summed E-state index contributed by atoms with van der Waals surface area (Å²) in [6.07, 6.45) is 7.98. The second-order valence-electron chi connectivity index (χ2n) is 5.65. The summed E-state index contributed by atoms with van der Waals surface area (Å²) < 4.78 is 1.95. The Labute approximate surface area is 127 Å². The Morgan fingerprint density at radius 1 is 1.41 bits per heavy atom. The summed E-state index contributed by atoms with van der Waals surface area (Å²) >= 11 is 0. The number of carbonyl (C=O) groups excluding carboxylic acids is 1. The van der Waals surface area contributed by atoms with Gasteiger partial charge in [-0.25, -0.2) is 9.97 Å². The maximum absolute atomic E-state index is 12.7. The van der Waals surface area contributed by atoms with Gasteiger partial charge in [0.2, 0.25) is 0 Å². The van der Waals surface area contributed by atoms with Crippen LogP contribution in [0.3, 0.4) is 0 Å². The number of amides is 1.